The molecule has 3 aromatic rings. The fraction of sp³-hybridized carbons (Fsp3) is 0.133. The third-order valence-corrected chi connectivity index (χ3v) is 3.90. The standard InChI is InChI=1S/C15H13NO2S/c17-12-3-1-2-10(6-12)7-14(18)11-8-15-13(16-9-11)4-5-19-15/h1-6,8-9,14,17-18H,7H2. The summed E-state index contributed by atoms with van der Waals surface area (Å²) in [6, 6.07) is 10.9. The first kappa shape index (κ1) is 12.1. The van der Waals surface area contributed by atoms with Crippen LogP contribution < -0.4 is 0 Å². The van der Waals surface area contributed by atoms with E-state index in [1.54, 1.807) is 35.7 Å². The van der Waals surface area contributed by atoms with Gasteiger partial charge >= 0.3 is 0 Å². The van der Waals surface area contributed by atoms with E-state index in [1.165, 1.54) is 0 Å². The van der Waals surface area contributed by atoms with Crippen LogP contribution in [-0.4, -0.2) is 15.2 Å². The molecule has 96 valence electrons. The maximum atomic E-state index is 10.2. The summed E-state index contributed by atoms with van der Waals surface area (Å²) in [5, 5.41) is 21.7. The highest BCUT2D eigenvalue weighted by atomic mass is 32.1. The lowest BCUT2D eigenvalue weighted by atomic mass is 10.0. The molecule has 3 nitrogen and oxygen atoms in total. The van der Waals surface area contributed by atoms with Crippen molar-refractivity contribution >= 4 is 21.6 Å². The van der Waals surface area contributed by atoms with E-state index >= 15 is 0 Å². The monoisotopic (exact) mass is 271 g/mol. The van der Waals surface area contributed by atoms with Crippen LogP contribution in [0.1, 0.15) is 17.2 Å². The predicted octanol–water partition coefficient (Wildman–Crippen LogP) is 3.28. The lowest BCUT2D eigenvalue weighted by molar-refractivity contribution is 0.178. The van der Waals surface area contributed by atoms with E-state index in [4.69, 9.17) is 0 Å². The number of phenolic OH excluding ortho intramolecular Hbond substituents is 1. The number of phenols is 1. The molecule has 0 amide bonds. The predicted molar refractivity (Wildman–Crippen MR) is 76.4 cm³/mol. The van der Waals surface area contributed by atoms with Crippen LogP contribution in [0.25, 0.3) is 10.2 Å². The highest BCUT2D eigenvalue weighted by Gasteiger charge is 2.10. The maximum Gasteiger partial charge on any atom is 0.115 e. The van der Waals surface area contributed by atoms with Crippen LogP contribution in [0.4, 0.5) is 0 Å². The highest BCUT2D eigenvalue weighted by molar-refractivity contribution is 7.17. The number of aromatic hydroxyl groups is 1. The van der Waals surface area contributed by atoms with Gasteiger partial charge in [0, 0.05) is 18.2 Å². The Morgan fingerprint density at radius 3 is 2.95 bits per heavy atom. The lowest BCUT2D eigenvalue weighted by Gasteiger charge is -2.11. The second-order valence-electron chi connectivity index (χ2n) is 4.46. The molecular weight excluding hydrogens is 258 g/mol. The zero-order valence-corrected chi connectivity index (χ0v) is 11.0. The van der Waals surface area contributed by atoms with Crippen LogP contribution >= 0.6 is 11.3 Å². The summed E-state index contributed by atoms with van der Waals surface area (Å²) in [6.45, 7) is 0. The van der Waals surface area contributed by atoms with Crippen molar-refractivity contribution in [3.63, 3.8) is 0 Å². The van der Waals surface area contributed by atoms with Gasteiger partial charge < -0.3 is 10.2 Å². The van der Waals surface area contributed by atoms with Crippen LogP contribution in [0.15, 0.2) is 48.0 Å². The van der Waals surface area contributed by atoms with Gasteiger partial charge in [0.05, 0.1) is 16.3 Å². The average Bonchev–Trinajstić information content (AvgIpc) is 2.85. The van der Waals surface area contributed by atoms with Gasteiger partial charge in [-0.15, -0.1) is 11.3 Å². The zero-order chi connectivity index (χ0) is 13.2. The number of benzene rings is 1. The van der Waals surface area contributed by atoms with Crippen molar-refractivity contribution in [1.29, 1.82) is 0 Å². The van der Waals surface area contributed by atoms with Crippen LogP contribution in [0.2, 0.25) is 0 Å². The molecule has 0 saturated carbocycles. The number of rotatable bonds is 3. The molecule has 0 aliphatic rings. The van der Waals surface area contributed by atoms with Crippen molar-refractivity contribution in [1.82, 2.24) is 4.98 Å². The van der Waals surface area contributed by atoms with Gasteiger partial charge in [0.1, 0.15) is 5.75 Å². The first-order valence-electron chi connectivity index (χ1n) is 6.01. The first-order valence-corrected chi connectivity index (χ1v) is 6.89. The molecule has 0 saturated heterocycles. The van der Waals surface area contributed by atoms with Gasteiger partial charge in [-0.05, 0) is 35.2 Å². The normalized spacial score (nSPS) is 12.7. The molecule has 0 aliphatic carbocycles. The zero-order valence-electron chi connectivity index (χ0n) is 10.2. The van der Waals surface area contributed by atoms with Crippen LogP contribution in [0.3, 0.4) is 0 Å². The van der Waals surface area contributed by atoms with Crippen LogP contribution in [0, 0.1) is 0 Å². The Bertz CT molecular complexity index is 708. The molecule has 0 spiro atoms. The fourth-order valence-corrected chi connectivity index (χ4v) is 2.86. The molecule has 0 fully saturated rings. The van der Waals surface area contributed by atoms with Gasteiger partial charge in [0.25, 0.3) is 0 Å². The Morgan fingerprint density at radius 2 is 2.11 bits per heavy atom. The molecule has 1 unspecified atom stereocenters. The number of hydrogen-bond donors (Lipinski definition) is 2. The summed E-state index contributed by atoms with van der Waals surface area (Å²) in [4.78, 5) is 4.32. The molecule has 0 radical (unpaired) electrons. The Kier molecular flexibility index (Phi) is 3.19. The van der Waals surface area contributed by atoms with E-state index in [0.717, 1.165) is 21.3 Å². The summed E-state index contributed by atoms with van der Waals surface area (Å²) < 4.78 is 1.08. The number of fused-ring (bicyclic) bond motifs is 1. The number of hydrogen-bond acceptors (Lipinski definition) is 4. The average molecular weight is 271 g/mol. The molecule has 2 N–H and O–H groups in total. The topological polar surface area (TPSA) is 53.4 Å². The summed E-state index contributed by atoms with van der Waals surface area (Å²) in [5.41, 5.74) is 2.66. The molecule has 1 aromatic carbocycles. The van der Waals surface area contributed by atoms with Gasteiger partial charge in [-0.1, -0.05) is 12.1 Å². The van der Waals surface area contributed by atoms with Gasteiger partial charge in [-0.25, -0.2) is 0 Å². The molecule has 4 heteroatoms. The Balaban J connectivity index is 1.84. The fourth-order valence-electron chi connectivity index (χ4n) is 2.07. The first-order chi connectivity index (χ1) is 9.22. The number of aliphatic hydroxyl groups is 1. The number of thiophene rings is 1. The van der Waals surface area contributed by atoms with Crippen molar-refractivity contribution in [3.8, 4) is 5.75 Å². The molecule has 3 rings (SSSR count). The van der Waals surface area contributed by atoms with E-state index in [2.05, 4.69) is 4.98 Å². The van der Waals surface area contributed by atoms with Crippen LogP contribution in [-0.2, 0) is 6.42 Å². The second kappa shape index (κ2) is 4.99. The van der Waals surface area contributed by atoms with Crippen molar-refractivity contribution in [2.75, 3.05) is 0 Å². The van der Waals surface area contributed by atoms with E-state index < -0.39 is 6.10 Å². The van der Waals surface area contributed by atoms with E-state index in [9.17, 15) is 10.2 Å². The number of aromatic nitrogens is 1. The largest absolute Gasteiger partial charge is 0.508 e. The molecule has 0 bridgehead atoms. The summed E-state index contributed by atoms with van der Waals surface area (Å²) >= 11 is 1.61. The van der Waals surface area contributed by atoms with Crippen molar-refractivity contribution < 1.29 is 10.2 Å². The molecular formula is C15H13NO2S. The smallest absolute Gasteiger partial charge is 0.115 e. The minimum atomic E-state index is -0.610. The van der Waals surface area contributed by atoms with Gasteiger partial charge in [-0.2, -0.15) is 0 Å². The summed E-state index contributed by atoms with van der Waals surface area (Å²) in [7, 11) is 0. The summed E-state index contributed by atoms with van der Waals surface area (Å²) in [5.74, 6) is 0.219. The molecule has 2 heterocycles. The van der Waals surface area contributed by atoms with Crippen molar-refractivity contribution in [2.24, 2.45) is 0 Å². The van der Waals surface area contributed by atoms with Gasteiger partial charge in [0.15, 0.2) is 0 Å². The van der Waals surface area contributed by atoms with Gasteiger partial charge in [0.2, 0.25) is 0 Å². The molecule has 0 aliphatic heterocycles. The quantitative estimate of drug-likeness (QED) is 0.768. The SMILES string of the molecule is Oc1cccc(CC(O)c2cnc3ccsc3c2)c1. The lowest BCUT2D eigenvalue weighted by Crippen LogP contribution is -2.02. The molecule has 2 aromatic heterocycles. The maximum absolute atomic E-state index is 10.2. The minimum absolute atomic E-state index is 0.219. The molecule has 1 atom stereocenters. The number of aliphatic hydroxyl groups excluding tert-OH is 1. The highest BCUT2D eigenvalue weighted by Crippen LogP contribution is 2.25. The molecule has 19 heavy (non-hydrogen) atoms. The van der Waals surface area contributed by atoms with E-state index in [1.807, 2.05) is 23.6 Å². The number of pyridine rings is 1. The third-order valence-electron chi connectivity index (χ3n) is 3.05. The van der Waals surface area contributed by atoms with Crippen molar-refractivity contribution in [3.05, 3.63) is 59.1 Å². The van der Waals surface area contributed by atoms with Crippen LogP contribution in [0.5, 0.6) is 5.75 Å². The van der Waals surface area contributed by atoms with Gasteiger partial charge in [-0.3, -0.25) is 4.98 Å². The Morgan fingerprint density at radius 1 is 1.21 bits per heavy atom. The summed E-state index contributed by atoms with van der Waals surface area (Å²) in [6.07, 6.45) is 1.57. The second-order valence-corrected chi connectivity index (χ2v) is 5.41. The third kappa shape index (κ3) is 2.59. The van der Waals surface area contributed by atoms with E-state index in [0.29, 0.717) is 6.42 Å². The van der Waals surface area contributed by atoms with E-state index in [-0.39, 0.29) is 5.75 Å². The Labute approximate surface area is 114 Å². The Hall–Kier alpha value is -1.91. The minimum Gasteiger partial charge on any atom is -0.508 e. The van der Waals surface area contributed by atoms with Crippen molar-refractivity contribution in [2.45, 2.75) is 12.5 Å². The number of nitrogens with zero attached hydrogens (tertiary/aromatic N) is 1.